The van der Waals surface area contributed by atoms with Gasteiger partial charge in [-0.3, -0.25) is 15.1 Å². The molecule has 10 nitrogen and oxygen atoms in total. The standard InChI is InChI=1S/C31H28F3N7O3S2/c1-18(2)25-12-11-24(43-4)14-26(25)41-27(42)16-46-30(41)37-29(45)38-36-15-21-6-5-20(13-19(21)3)28-35-17-40(39-28)22-7-9-23(10-8-22)44-31(32,33)34/h5-15,17-18H,16H2,1-4H3,(H,38,45)/b36-15+,37-30?. The third-order valence-corrected chi connectivity index (χ3v) is 7.89. The molecule has 1 saturated heterocycles. The Morgan fingerprint density at radius 1 is 1.11 bits per heavy atom. The van der Waals surface area contributed by atoms with Gasteiger partial charge in [-0.05, 0) is 78.1 Å². The van der Waals surface area contributed by atoms with Crippen molar-refractivity contribution < 1.29 is 27.4 Å². The van der Waals surface area contributed by atoms with Crippen molar-refractivity contribution in [2.24, 2.45) is 10.1 Å². The second kappa shape index (κ2) is 13.7. The predicted molar refractivity (Wildman–Crippen MR) is 176 cm³/mol. The molecule has 0 aliphatic carbocycles. The highest BCUT2D eigenvalue weighted by molar-refractivity contribution is 8.15. The van der Waals surface area contributed by atoms with Crippen molar-refractivity contribution in [3.8, 4) is 28.6 Å². The lowest BCUT2D eigenvalue weighted by molar-refractivity contribution is -0.274. The maximum Gasteiger partial charge on any atom is 0.573 e. The number of benzene rings is 3. The molecule has 1 aliphatic heterocycles. The number of aromatic nitrogens is 3. The second-order valence-corrected chi connectivity index (χ2v) is 11.6. The molecule has 46 heavy (non-hydrogen) atoms. The molecule has 1 aliphatic rings. The van der Waals surface area contributed by atoms with E-state index in [2.05, 4.69) is 44.2 Å². The van der Waals surface area contributed by atoms with Crippen molar-refractivity contribution in [3.63, 3.8) is 0 Å². The maximum atomic E-state index is 12.9. The van der Waals surface area contributed by atoms with Gasteiger partial charge in [-0.15, -0.1) is 18.3 Å². The number of amidine groups is 1. The van der Waals surface area contributed by atoms with Gasteiger partial charge in [0.15, 0.2) is 11.0 Å². The van der Waals surface area contributed by atoms with E-state index in [1.54, 1.807) is 18.2 Å². The highest BCUT2D eigenvalue weighted by atomic mass is 32.2. The van der Waals surface area contributed by atoms with Crippen molar-refractivity contribution in [2.45, 2.75) is 33.1 Å². The summed E-state index contributed by atoms with van der Waals surface area (Å²) >= 11 is 6.70. The van der Waals surface area contributed by atoms with Gasteiger partial charge in [0.1, 0.15) is 17.8 Å². The van der Waals surface area contributed by atoms with E-state index in [0.29, 0.717) is 28.1 Å². The first-order chi connectivity index (χ1) is 21.9. The van der Waals surface area contributed by atoms with Crippen molar-refractivity contribution in [1.29, 1.82) is 0 Å². The Morgan fingerprint density at radius 3 is 2.52 bits per heavy atom. The summed E-state index contributed by atoms with van der Waals surface area (Å²) in [6.07, 6.45) is -1.69. The molecule has 0 unspecified atom stereocenters. The number of methoxy groups -OCH3 is 1. The van der Waals surface area contributed by atoms with E-state index >= 15 is 0 Å². The molecule has 15 heteroatoms. The zero-order valence-corrected chi connectivity index (χ0v) is 26.7. The third-order valence-electron chi connectivity index (χ3n) is 6.78. The Hall–Kier alpha value is -4.76. The smallest absolute Gasteiger partial charge is 0.497 e. The number of ether oxygens (including phenoxy) is 2. The molecule has 4 aromatic rings. The molecule has 0 bridgehead atoms. The fourth-order valence-electron chi connectivity index (χ4n) is 4.56. The lowest BCUT2D eigenvalue weighted by Gasteiger charge is -2.22. The molecule has 0 atom stereocenters. The molecule has 3 aromatic carbocycles. The van der Waals surface area contributed by atoms with Gasteiger partial charge in [-0.25, -0.2) is 9.67 Å². The second-order valence-electron chi connectivity index (χ2n) is 10.3. The molecule has 238 valence electrons. The van der Waals surface area contributed by atoms with Crippen LogP contribution in [0.5, 0.6) is 11.5 Å². The number of hydrazone groups is 1. The van der Waals surface area contributed by atoms with Crippen molar-refractivity contribution in [2.75, 3.05) is 17.8 Å². The number of rotatable bonds is 8. The lowest BCUT2D eigenvalue weighted by atomic mass is 10.00. The number of carbonyl (C=O) groups excluding carboxylic acids is 1. The van der Waals surface area contributed by atoms with Gasteiger partial charge < -0.3 is 9.47 Å². The lowest BCUT2D eigenvalue weighted by Crippen LogP contribution is -2.31. The number of nitrogens with zero attached hydrogens (tertiary/aromatic N) is 6. The summed E-state index contributed by atoms with van der Waals surface area (Å²) in [5.74, 6) is 1.04. The number of aliphatic imine (C=N–C) groups is 1. The molecule has 1 amide bonds. The number of anilines is 1. The molecule has 5 rings (SSSR count). The molecular formula is C31H28F3N7O3S2. The van der Waals surface area contributed by atoms with Gasteiger partial charge >= 0.3 is 6.36 Å². The number of halogens is 3. The van der Waals surface area contributed by atoms with Crippen LogP contribution in [0, 0.1) is 6.92 Å². The number of alkyl halides is 3. The molecule has 1 N–H and O–H groups in total. The zero-order chi connectivity index (χ0) is 33.0. The fourth-order valence-corrected chi connectivity index (χ4v) is 5.63. The van der Waals surface area contributed by atoms with Crippen LogP contribution in [0.4, 0.5) is 18.9 Å². The van der Waals surface area contributed by atoms with Gasteiger partial charge in [0.05, 0.1) is 30.5 Å². The van der Waals surface area contributed by atoms with Crippen molar-refractivity contribution >= 4 is 52.1 Å². The summed E-state index contributed by atoms with van der Waals surface area (Å²) in [6.45, 7) is 6.01. The third kappa shape index (κ3) is 7.72. The van der Waals surface area contributed by atoms with Crippen molar-refractivity contribution in [3.05, 3.63) is 83.7 Å². The summed E-state index contributed by atoms with van der Waals surface area (Å²) in [7, 11) is 1.58. The number of hydrogen-bond donors (Lipinski definition) is 1. The fraction of sp³-hybridized carbons (Fsp3) is 0.226. The molecular weight excluding hydrogens is 640 g/mol. The number of carbonyl (C=O) groups is 1. The first kappa shape index (κ1) is 32.6. The highest BCUT2D eigenvalue weighted by Crippen LogP contribution is 2.36. The summed E-state index contributed by atoms with van der Waals surface area (Å²) in [5.41, 5.74) is 7.38. The summed E-state index contributed by atoms with van der Waals surface area (Å²) < 4.78 is 48.1. The molecule has 0 radical (unpaired) electrons. The van der Waals surface area contributed by atoms with E-state index in [9.17, 15) is 18.0 Å². The topological polar surface area (TPSA) is 106 Å². The SMILES string of the molecule is COc1ccc(C(C)C)c(N2C(=O)CSC2=NC(=S)N/N=C/c2ccc(-c3ncn(-c4ccc(OC(F)(F)F)cc4)n3)cc2C)c1. The van der Waals surface area contributed by atoms with Gasteiger partial charge in [0, 0.05) is 11.6 Å². The number of thiocarbonyl (C=S) groups is 1. The van der Waals surface area contributed by atoms with E-state index in [-0.39, 0.29) is 28.4 Å². The first-order valence-corrected chi connectivity index (χ1v) is 15.3. The highest BCUT2D eigenvalue weighted by Gasteiger charge is 2.33. The number of thioether (sulfide) groups is 1. The Kier molecular flexibility index (Phi) is 9.72. The Bertz CT molecular complexity index is 1820. The summed E-state index contributed by atoms with van der Waals surface area (Å²) in [6, 6.07) is 16.5. The molecule has 0 spiro atoms. The number of nitrogens with one attached hydrogen (secondary N) is 1. The maximum absolute atomic E-state index is 12.9. The van der Waals surface area contributed by atoms with Gasteiger partial charge in [-0.1, -0.05) is 43.8 Å². The van der Waals surface area contributed by atoms with E-state index in [4.69, 9.17) is 17.0 Å². The first-order valence-electron chi connectivity index (χ1n) is 13.9. The van der Waals surface area contributed by atoms with Crippen LogP contribution >= 0.6 is 24.0 Å². The zero-order valence-electron chi connectivity index (χ0n) is 25.1. The monoisotopic (exact) mass is 667 g/mol. The van der Waals surface area contributed by atoms with Gasteiger partial charge in [-0.2, -0.15) is 10.1 Å². The number of aryl methyl sites for hydroxylation is 1. The van der Waals surface area contributed by atoms with E-state index < -0.39 is 6.36 Å². The minimum Gasteiger partial charge on any atom is -0.497 e. The molecule has 1 fully saturated rings. The largest absolute Gasteiger partial charge is 0.573 e. The Labute approximate surface area is 272 Å². The van der Waals surface area contributed by atoms with Gasteiger partial charge in [0.25, 0.3) is 0 Å². The van der Waals surface area contributed by atoms with Gasteiger partial charge in [0.2, 0.25) is 11.0 Å². The Morgan fingerprint density at radius 2 is 1.85 bits per heavy atom. The van der Waals surface area contributed by atoms with Crippen LogP contribution in [-0.2, 0) is 4.79 Å². The average Bonchev–Trinajstić information content (AvgIpc) is 3.64. The molecule has 0 saturated carbocycles. The normalized spacial score (nSPS) is 14.5. The van der Waals surface area contributed by atoms with Crippen LogP contribution in [-0.4, -0.2) is 56.4 Å². The number of amides is 1. The molecule has 1 aromatic heterocycles. The van der Waals surface area contributed by atoms with E-state index in [1.807, 2.05) is 43.3 Å². The van der Waals surface area contributed by atoms with Crippen LogP contribution in [0.2, 0.25) is 0 Å². The summed E-state index contributed by atoms with van der Waals surface area (Å²) in [5, 5.41) is 9.23. The van der Waals surface area contributed by atoms with Crippen LogP contribution in [0.3, 0.4) is 0 Å². The van der Waals surface area contributed by atoms with Crippen LogP contribution in [0.25, 0.3) is 17.1 Å². The average molecular weight is 668 g/mol. The molecule has 2 heterocycles. The summed E-state index contributed by atoms with van der Waals surface area (Å²) in [4.78, 5) is 23.2. The van der Waals surface area contributed by atoms with E-state index in [0.717, 1.165) is 22.3 Å². The van der Waals surface area contributed by atoms with Crippen LogP contribution < -0.4 is 19.8 Å². The van der Waals surface area contributed by atoms with Crippen LogP contribution in [0.15, 0.2) is 77.1 Å². The van der Waals surface area contributed by atoms with E-state index in [1.165, 1.54) is 47.0 Å². The quantitative estimate of drug-likeness (QED) is 0.127. The minimum absolute atomic E-state index is 0.0921. The predicted octanol–water partition coefficient (Wildman–Crippen LogP) is 6.62. The Balaban J connectivity index is 1.25. The van der Waals surface area contributed by atoms with Crippen LogP contribution in [0.1, 0.15) is 36.5 Å². The minimum atomic E-state index is -4.76. The number of hydrogen-bond acceptors (Lipinski definition) is 8. The van der Waals surface area contributed by atoms with Crippen molar-refractivity contribution in [1.82, 2.24) is 20.2 Å².